The fraction of sp³-hybridized carbons (Fsp3) is 0.947. The molecule has 0 heterocycles. The van der Waals surface area contributed by atoms with Crippen LogP contribution >= 0.6 is 24.8 Å². The first-order valence-corrected chi connectivity index (χ1v) is 9.38. The van der Waals surface area contributed by atoms with Crippen LogP contribution in [0.4, 0.5) is 0 Å². The number of hydrogen-bond acceptors (Lipinski definition) is 2. The van der Waals surface area contributed by atoms with Crippen LogP contribution < -0.4 is 0 Å². The fourth-order valence-corrected chi connectivity index (χ4v) is 2.74. The molecule has 0 aromatic heterocycles. The summed E-state index contributed by atoms with van der Waals surface area (Å²) in [5.74, 6) is -0.0651. The van der Waals surface area contributed by atoms with Gasteiger partial charge in [0, 0.05) is 6.42 Å². The Labute approximate surface area is 157 Å². The summed E-state index contributed by atoms with van der Waals surface area (Å²) in [6.07, 6.45) is 20.9. The quantitative estimate of drug-likeness (QED) is 0.211. The third-order valence-electron chi connectivity index (χ3n) is 4.21. The number of hydrogen-bond donors (Lipinski definition) is 0. The van der Waals surface area contributed by atoms with Gasteiger partial charge in [0.2, 0.25) is 0 Å². The van der Waals surface area contributed by atoms with E-state index >= 15 is 0 Å². The highest BCUT2D eigenvalue weighted by atomic mass is 35.5. The molecule has 0 unspecified atom stereocenters. The zero-order valence-electron chi connectivity index (χ0n) is 15.4. The molecule has 0 aliphatic rings. The molecular weight excluding hydrogens is 331 g/mol. The topological polar surface area (TPSA) is 26.3 Å². The summed E-state index contributed by atoms with van der Waals surface area (Å²) in [4.78, 5) is 10.9. The normalized spacial score (nSPS) is 9.83. The summed E-state index contributed by atoms with van der Waals surface area (Å²) in [5, 5.41) is 0. The molecule has 0 saturated carbocycles. The summed E-state index contributed by atoms with van der Waals surface area (Å²) < 4.78 is 4.63. The molecule has 0 spiro atoms. The zero-order valence-corrected chi connectivity index (χ0v) is 17.1. The molecule has 2 nitrogen and oxygen atoms in total. The summed E-state index contributed by atoms with van der Waals surface area (Å²) in [6.45, 7) is 2.28. The Morgan fingerprint density at radius 3 is 1.22 bits per heavy atom. The lowest BCUT2D eigenvalue weighted by Crippen LogP contribution is -1.99. The molecule has 0 atom stereocenters. The van der Waals surface area contributed by atoms with Crippen LogP contribution in [-0.4, -0.2) is 13.1 Å². The average molecular weight is 371 g/mol. The van der Waals surface area contributed by atoms with Gasteiger partial charge < -0.3 is 4.74 Å². The van der Waals surface area contributed by atoms with Gasteiger partial charge in [-0.25, -0.2) is 0 Å². The third-order valence-corrected chi connectivity index (χ3v) is 4.21. The number of halogens is 2. The molecule has 0 fully saturated rings. The second-order valence-corrected chi connectivity index (χ2v) is 6.28. The maximum Gasteiger partial charge on any atom is 0.305 e. The van der Waals surface area contributed by atoms with Crippen molar-refractivity contribution in [3.63, 3.8) is 0 Å². The number of esters is 1. The number of ether oxygens (including phenoxy) is 1. The van der Waals surface area contributed by atoms with Crippen LogP contribution in [0.3, 0.4) is 0 Å². The SMILES string of the molecule is CCCCCCCCCCCCCCCCCC(=O)OC.Cl.Cl. The molecule has 0 aromatic rings. The van der Waals surface area contributed by atoms with Crippen molar-refractivity contribution < 1.29 is 9.53 Å². The van der Waals surface area contributed by atoms with Crippen molar-refractivity contribution in [2.24, 2.45) is 0 Å². The minimum atomic E-state index is -0.0651. The van der Waals surface area contributed by atoms with E-state index in [-0.39, 0.29) is 30.8 Å². The zero-order chi connectivity index (χ0) is 15.6. The Hall–Kier alpha value is 0.0500. The Bertz CT molecular complexity index is 223. The van der Waals surface area contributed by atoms with E-state index < -0.39 is 0 Å². The first-order chi connectivity index (χ1) is 10.3. The summed E-state index contributed by atoms with van der Waals surface area (Å²) >= 11 is 0. The molecule has 4 heteroatoms. The Balaban J connectivity index is -0.00000200. The molecule has 0 amide bonds. The molecule has 0 aliphatic carbocycles. The fourth-order valence-electron chi connectivity index (χ4n) is 2.74. The van der Waals surface area contributed by atoms with E-state index in [4.69, 9.17) is 0 Å². The van der Waals surface area contributed by atoms with Crippen LogP contribution in [-0.2, 0) is 9.53 Å². The highest BCUT2D eigenvalue weighted by Crippen LogP contribution is 2.13. The van der Waals surface area contributed by atoms with Gasteiger partial charge in [0.1, 0.15) is 0 Å². The third kappa shape index (κ3) is 24.4. The van der Waals surface area contributed by atoms with Crippen molar-refractivity contribution in [2.45, 2.75) is 110 Å². The monoisotopic (exact) mass is 370 g/mol. The van der Waals surface area contributed by atoms with Crippen LogP contribution in [0.15, 0.2) is 0 Å². The maximum absolute atomic E-state index is 10.9. The van der Waals surface area contributed by atoms with Gasteiger partial charge in [-0.05, 0) is 6.42 Å². The van der Waals surface area contributed by atoms with Crippen molar-refractivity contribution in [1.82, 2.24) is 0 Å². The largest absolute Gasteiger partial charge is 0.469 e. The first-order valence-electron chi connectivity index (χ1n) is 9.38. The predicted octanol–water partition coefficient (Wildman–Crippen LogP) is 7.26. The Kier molecular flexibility index (Phi) is 29.5. The highest BCUT2D eigenvalue weighted by molar-refractivity contribution is 5.85. The Morgan fingerprint density at radius 1 is 0.609 bits per heavy atom. The summed E-state index contributed by atoms with van der Waals surface area (Å²) in [7, 11) is 1.47. The van der Waals surface area contributed by atoms with Crippen molar-refractivity contribution >= 4 is 30.8 Å². The lowest BCUT2D eigenvalue weighted by Gasteiger charge is -2.03. The smallest absolute Gasteiger partial charge is 0.305 e. The summed E-state index contributed by atoms with van der Waals surface area (Å²) in [6, 6.07) is 0. The molecule has 0 aromatic carbocycles. The van der Waals surface area contributed by atoms with Gasteiger partial charge in [-0.2, -0.15) is 0 Å². The van der Waals surface area contributed by atoms with Gasteiger partial charge in [0.15, 0.2) is 0 Å². The van der Waals surface area contributed by atoms with E-state index in [0.29, 0.717) is 6.42 Å². The Morgan fingerprint density at radius 2 is 0.913 bits per heavy atom. The van der Waals surface area contributed by atoms with Crippen LogP contribution in [0.5, 0.6) is 0 Å². The van der Waals surface area contributed by atoms with Crippen LogP contribution in [0, 0.1) is 0 Å². The average Bonchev–Trinajstić information content (AvgIpc) is 2.50. The van der Waals surface area contributed by atoms with Gasteiger partial charge in [0.25, 0.3) is 0 Å². The van der Waals surface area contributed by atoms with E-state index in [1.807, 2.05) is 0 Å². The van der Waals surface area contributed by atoms with E-state index in [9.17, 15) is 4.79 Å². The van der Waals surface area contributed by atoms with Gasteiger partial charge in [-0.1, -0.05) is 96.8 Å². The number of methoxy groups -OCH3 is 1. The molecule has 0 bridgehead atoms. The predicted molar refractivity (Wildman–Crippen MR) is 106 cm³/mol. The molecule has 0 rings (SSSR count). The van der Waals surface area contributed by atoms with E-state index in [2.05, 4.69) is 11.7 Å². The molecule has 142 valence electrons. The standard InChI is InChI=1S/C19H38O2.2ClH/c1-3-4-5-6-7-8-9-10-11-12-13-14-15-16-17-18-19(20)21-2;;/h3-18H2,1-2H3;2*1H. The van der Waals surface area contributed by atoms with Crippen molar-refractivity contribution in [3.8, 4) is 0 Å². The lowest BCUT2D eigenvalue weighted by atomic mass is 10.0. The second-order valence-electron chi connectivity index (χ2n) is 6.28. The maximum atomic E-state index is 10.9. The minimum absolute atomic E-state index is 0. The first kappa shape index (κ1) is 27.9. The van der Waals surface area contributed by atoms with Gasteiger partial charge in [0.05, 0.1) is 7.11 Å². The lowest BCUT2D eigenvalue weighted by molar-refractivity contribution is -0.140. The molecular formula is C19H40Cl2O2. The molecule has 0 saturated heterocycles. The van der Waals surface area contributed by atoms with E-state index in [1.165, 1.54) is 97.0 Å². The minimum Gasteiger partial charge on any atom is -0.469 e. The molecule has 0 N–H and O–H groups in total. The molecule has 0 aliphatic heterocycles. The van der Waals surface area contributed by atoms with Gasteiger partial charge >= 0.3 is 5.97 Å². The number of carbonyl (C=O) groups is 1. The number of unbranched alkanes of at least 4 members (excludes halogenated alkanes) is 14. The van der Waals surface area contributed by atoms with E-state index in [1.54, 1.807) is 0 Å². The molecule has 0 radical (unpaired) electrons. The summed E-state index contributed by atoms with van der Waals surface area (Å²) in [5.41, 5.74) is 0. The molecule has 23 heavy (non-hydrogen) atoms. The van der Waals surface area contributed by atoms with Gasteiger partial charge in [-0.15, -0.1) is 24.8 Å². The van der Waals surface area contributed by atoms with Crippen molar-refractivity contribution in [3.05, 3.63) is 0 Å². The van der Waals surface area contributed by atoms with Crippen LogP contribution in [0.2, 0.25) is 0 Å². The highest BCUT2D eigenvalue weighted by Gasteiger charge is 1.99. The van der Waals surface area contributed by atoms with Crippen molar-refractivity contribution in [1.29, 1.82) is 0 Å². The van der Waals surface area contributed by atoms with Crippen LogP contribution in [0.25, 0.3) is 0 Å². The second kappa shape index (κ2) is 24.3. The van der Waals surface area contributed by atoms with Crippen LogP contribution in [0.1, 0.15) is 110 Å². The number of carbonyl (C=O) groups excluding carboxylic acids is 1. The number of rotatable bonds is 16. The van der Waals surface area contributed by atoms with Crippen molar-refractivity contribution in [2.75, 3.05) is 7.11 Å². The van der Waals surface area contributed by atoms with E-state index in [0.717, 1.165) is 6.42 Å². The van der Waals surface area contributed by atoms with Gasteiger partial charge in [-0.3, -0.25) is 4.79 Å².